The van der Waals surface area contributed by atoms with E-state index in [1.54, 1.807) is 41.9 Å². The van der Waals surface area contributed by atoms with Crippen molar-refractivity contribution in [3.05, 3.63) is 77.9 Å². The summed E-state index contributed by atoms with van der Waals surface area (Å²) in [5.74, 6) is 0.562. The lowest BCUT2D eigenvalue weighted by Gasteiger charge is -2.13. The molecule has 0 fully saturated rings. The predicted octanol–water partition coefficient (Wildman–Crippen LogP) is 3.96. The Bertz CT molecular complexity index is 1690. The van der Waals surface area contributed by atoms with Crippen LogP contribution >= 0.6 is 0 Å². The number of fused-ring (bicyclic) bond motifs is 1. The van der Waals surface area contributed by atoms with Gasteiger partial charge in [-0.2, -0.15) is 10.1 Å². The van der Waals surface area contributed by atoms with Crippen LogP contribution in [0.4, 0.5) is 5.69 Å². The first-order chi connectivity index (χ1) is 18.7. The molecule has 0 radical (unpaired) electrons. The second-order valence-corrected chi connectivity index (χ2v) is 9.73. The van der Waals surface area contributed by atoms with Crippen LogP contribution in [0, 0.1) is 0 Å². The standard InChI is InChI=1S/C25H22N6O5S.C2H6/c1-16-20(25(32)31(28-16)18-6-5-7-19(14-18)37(26,33)34)12-17-10-11-23(24(13-17)35-2)36-15-30-22-9-4-3-8-21(22)27-29-30;1-2/h3-14H,15H2,1-2H3,(H2,26,33,34);1-2H3/b20-12-;. The van der Waals surface area contributed by atoms with Gasteiger partial charge in [-0.15, -0.1) is 5.10 Å². The van der Waals surface area contributed by atoms with Gasteiger partial charge in [0.05, 0.1) is 34.5 Å². The molecule has 11 nitrogen and oxygen atoms in total. The van der Waals surface area contributed by atoms with Crippen molar-refractivity contribution in [3.8, 4) is 11.5 Å². The number of benzene rings is 3. The van der Waals surface area contributed by atoms with Gasteiger partial charge in [0.2, 0.25) is 10.0 Å². The third kappa shape index (κ3) is 5.81. The van der Waals surface area contributed by atoms with E-state index < -0.39 is 15.9 Å². The van der Waals surface area contributed by atoms with E-state index in [1.807, 2.05) is 38.1 Å². The van der Waals surface area contributed by atoms with Crippen molar-refractivity contribution < 1.29 is 22.7 Å². The lowest BCUT2D eigenvalue weighted by Crippen LogP contribution is -2.22. The van der Waals surface area contributed by atoms with E-state index in [-0.39, 0.29) is 11.6 Å². The summed E-state index contributed by atoms with van der Waals surface area (Å²) in [6, 6.07) is 18.6. The maximum atomic E-state index is 13.1. The van der Waals surface area contributed by atoms with E-state index in [2.05, 4.69) is 15.4 Å². The summed E-state index contributed by atoms with van der Waals surface area (Å²) in [6.45, 7) is 5.83. The summed E-state index contributed by atoms with van der Waals surface area (Å²) in [7, 11) is -2.40. The molecule has 5 rings (SSSR count). The van der Waals surface area contributed by atoms with E-state index in [1.165, 1.54) is 25.3 Å². The Morgan fingerprint density at radius 1 is 1.00 bits per heavy atom. The van der Waals surface area contributed by atoms with Gasteiger partial charge in [-0.1, -0.05) is 43.3 Å². The fourth-order valence-electron chi connectivity index (χ4n) is 3.85. The molecule has 12 heteroatoms. The largest absolute Gasteiger partial charge is 0.493 e. The minimum Gasteiger partial charge on any atom is -0.493 e. The molecule has 0 unspecified atom stereocenters. The lowest BCUT2D eigenvalue weighted by molar-refractivity contribution is -0.114. The molecule has 0 bridgehead atoms. The number of methoxy groups -OCH3 is 1. The number of nitrogens with two attached hydrogens (primary N) is 1. The maximum Gasteiger partial charge on any atom is 0.280 e. The predicted molar refractivity (Wildman–Crippen MR) is 149 cm³/mol. The van der Waals surface area contributed by atoms with Crippen molar-refractivity contribution in [1.82, 2.24) is 15.0 Å². The fourth-order valence-corrected chi connectivity index (χ4v) is 4.41. The summed E-state index contributed by atoms with van der Waals surface area (Å²) in [5.41, 5.74) is 3.42. The van der Waals surface area contributed by atoms with Crippen molar-refractivity contribution >= 4 is 44.4 Å². The molecular formula is C27H28N6O5S. The zero-order chi connectivity index (χ0) is 28.2. The number of ether oxygens (including phenoxy) is 2. The number of hydrazone groups is 1. The topological polar surface area (TPSA) is 142 Å². The number of hydrogen-bond donors (Lipinski definition) is 1. The molecule has 0 aliphatic carbocycles. The summed E-state index contributed by atoms with van der Waals surface area (Å²) >= 11 is 0. The van der Waals surface area contributed by atoms with E-state index >= 15 is 0 Å². The Labute approximate surface area is 226 Å². The molecule has 202 valence electrons. The molecule has 1 aromatic heterocycles. The summed E-state index contributed by atoms with van der Waals surface area (Å²) in [4.78, 5) is 13.0. The minimum atomic E-state index is -3.93. The first-order valence-electron chi connectivity index (χ1n) is 12.1. The number of carbonyl (C=O) groups is 1. The first-order valence-corrected chi connectivity index (χ1v) is 13.6. The van der Waals surface area contributed by atoms with Crippen LogP contribution < -0.4 is 19.6 Å². The second kappa shape index (κ2) is 11.5. The van der Waals surface area contributed by atoms with Crippen LogP contribution in [0.3, 0.4) is 0 Å². The number of sulfonamides is 1. The van der Waals surface area contributed by atoms with Crippen LogP contribution in [0.15, 0.2) is 82.3 Å². The van der Waals surface area contributed by atoms with E-state index in [0.29, 0.717) is 34.0 Å². The Balaban J connectivity index is 0.00000172. The molecule has 1 amide bonds. The SMILES string of the molecule is CC.COc1cc(/C=C2\C(=O)N(c3cccc(S(N)(=O)=O)c3)N=C2C)ccc1OCn1nnc2ccccc21. The molecule has 0 saturated heterocycles. The number of primary sulfonamides is 1. The minimum absolute atomic E-state index is 0.109. The molecule has 1 aliphatic rings. The van der Waals surface area contributed by atoms with Gasteiger partial charge in [0.1, 0.15) is 5.52 Å². The highest BCUT2D eigenvalue weighted by Crippen LogP contribution is 2.31. The van der Waals surface area contributed by atoms with Crippen molar-refractivity contribution in [2.75, 3.05) is 12.1 Å². The number of nitrogens with zero attached hydrogens (tertiary/aromatic N) is 5. The van der Waals surface area contributed by atoms with Gasteiger partial charge in [-0.25, -0.2) is 18.2 Å². The third-order valence-corrected chi connectivity index (χ3v) is 6.63. The van der Waals surface area contributed by atoms with E-state index in [9.17, 15) is 13.2 Å². The van der Waals surface area contributed by atoms with Crippen LogP contribution in [0.25, 0.3) is 17.1 Å². The van der Waals surface area contributed by atoms with Crippen LogP contribution in [-0.2, 0) is 21.5 Å². The highest BCUT2D eigenvalue weighted by molar-refractivity contribution is 7.89. The normalized spacial score (nSPS) is 14.3. The van der Waals surface area contributed by atoms with Gasteiger partial charge >= 0.3 is 0 Å². The number of rotatable bonds is 7. The summed E-state index contributed by atoms with van der Waals surface area (Å²) < 4.78 is 36.5. The van der Waals surface area contributed by atoms with Crippen LogP contribution in [0.2, 0.25) is 0 Å². The monoisotopic (exact) mass is 548 g/mol. The number of carbonyl (C=O) groups excluding carboxylic acids is 1. The molecule has 0 saturated carbocycles. The maximum absolute atomic E-state index is 13.1. The number of para-hydroxylation sites is 1. The van der Waals surface area contributed by atoms with Crippen molar-refractivity contribution in [1.29, 1.82) is 0 Å². The molecule has 0 spiro atoms. The van der Waals surface area contributed by atoms with Crippen LogP contribution in [0.1, 0.15) is 26.3 Å². The Morgan fingerprint density at radius 2 is 1.77 bits per heavy atom. The fraction of sp³-hybridized carbons (Fsp3) is 0.185. The number of anilines is 1. The van der Waals surface area contributed by atoms with Gasteiger partial charge in [-0.05, 0) is 61.0 Å². The second-order valence-electron chi connectivity index (χ2n) is 8.16. The number of amides is 1. The van der Waals surface area contributed by atoms with Gasteiger partial charge < -0.3 is 9.47 Å². The summed E-state index contributed by atoms with van der Waals surface area (Å²) in [6.07, 6.45) is 1.68. The Hall–Kier alpha value is -4.55. The molecule has 0 atom stereocenters. The smallest absolute Gasteiger partial charge is 0.280 e. The lowest BCUT2D eigenvalue weighted by atomic mass is 10.1. The Kier molecular flexibility index (Phi) is 8.07. The zero-order valence-electron chi connectivity index (χ0n) is 21.9. The van der Waals surface area contributed by atoms with Gasteiger partial charge in [0, 0.05) is 0 Å². The molecule has 1 aliphatic heterocycles. The molecule has 3 aromatic carbocycles. The average Bonchev–Trinajstić information content (AvgIpc) is 3.49. The van der Waals surface area contributed by atoms with E-state index in [0.717, 1.165) is 16.0 Å². The highest BCUT2D eigenvalue weighted by atomic mass is 32.2. The first kappa shape index (κ1) is 27.5. The third-order valence-electron chi connectivity index (χ3n) is 5.71. The molecule has 39 heavy (non-hydrogen) atoms. The molecule has 2 N–H and O–H groups in total. The van der Waals surface area contributed by atoms with Gasteiger partial charge in [-0.3, -0.25) is 4.79 Å². The summed E-state index contributed by atoms with van der Waals surface area (Å²) in [5, 5.41) is 18.9. The highest BCUT2D eigenvalue weighted by Gasteiger charge is 2.29. The number of aromatic nitrogens is 3. The average molecular weight is 549 g/mol. The van der Waals surface area contributed by atoms with Crippen LogP contribution in [-0.4, -0.2) is 42.1 Å². The number of hydrogen-bond acceptors (Lipinski definition) is 8. The Morgan fingerprint density at radius 3 is 2.51 bits per heavy atom. The molecule has 4 aromatic rings. The van der Waals surface area contributed by atoms with Crippen LogP contribution in [0.5, 0.6) is 11.5 Å². The van der Waals surface area contributed by atoms with Gasteiger partial charge in [0.25, 0.3) is 5.91 Å². The molecule has 2 heterocycles. The quantitative estimate of drug-likeness (QED) is 0.345. The van der Waals surface area contributed by atoms with Crippen molar-refractivity contribution in [2.24, 2.45) is 10.2 Å². The van der Waals surface area contributed by atoms with Crippen molar-refractivity contribution in [3.63, 3.8) is 0 Å². The zero-order valence-corrected chi connectivity index (χ0v) is 22.7. The molecular weight excluding hydrogens is 520 g/mol. The van der Waals surface area contributed by atoms with Crippen molar-refractivity contribution in [2.45, 2.75) is 32.4 Å². The van der Waals surface area contributed by atoms with E-state index in [4.69, 9.17) is 14.6 Å². The van der Waals surface area contributed by atoms with Gasteiger partial charge in [0.15, 0.2) is 18.2 Å².